The van der Waals surface area contributed by atoms with E-state index in [1.54, 1.807) is 0 Å². The number of amides is 3. The molecule has 4 aliphatic rings. The highest BCUT2D eigenvalue weighted by molar-refractivity contribution is 7.75. The molecule has 0 aromatic rings. The average molecular weight is 401 g/mol. The third kappa shape index (κ3) is 4.03. The van der Waals surface area contributed by atoms with Crippen molar-refractivity contribution in [2.24, 2.45) is 0 Å². The summed E-state index contributed by atoms with van der Waals surface area (Å²) >= 11 is 3.73. The van der Waals surface area contributed by atoms with Crippen LogP contribution in [-0.4, -0.2) is 96.8 Å². The highest BCUT2D eigenvalue weighted by atomic mass is 32.1. The number of rotatable bonds is 6. The lowest BCUT2D eigenvalue weighted by Gasteiger charge is -2.32. The number of urea groups is 1. The average Bonchev–Trinajstić information content (AvgIpc) is 3.26. The summed E-state index contributed by atoms with van der Waals surface area (Å²) in [6, 6.07) is -0.121. The molecule has 4 atom stereocenters. The number of piperidine rings is 1. The summed E-state index contributed by atoms with van der Waals surface area (Å²) in [6.45, 7) is 6.10. The van der Waals surface area contributed by atoms with E-state index in [0.29, 0.717) is 32.0 Å². The van der Waals surface area contributed by atoms with Crippen molar-refractivity contribution < 1.29 is 18.7 Å². The Morgan fingerprint density at radius 2 is 2.07 bits per heavy atom. The quantitative estimate of drug-likeness (QED) is 0.250. The van der Waals surface area contributed by atoms with Crippen LogP contribution < -0.4 is 16.1 Å². The molecule has 0 spiro atoms. The molecule has 2 bridgehead atoms. The molecule has 4 fully saturated rings. The van der Waals surface area contributed by atoms with Gasteiger partial charge in [0, 0.05) is 64.3 Å². The van der Waals surface area contributed by atoms with E-state index in [1.807, 2.05) is 0 Å². The zero-order valence-corrected chi connectivity index (χ0v) is 16.2. The second-order valence-electron chi connectivity index (χ2n) is 7.65. The van der Waals surface area contributed by atoms with Gasteiger partial charge in [0.05, 0.1) is 12.6 Å². The molecule has 0 aromatic heterocycles. The number of piperazine rings is 1. The van der Waals surface area contributed by atoms with E-state index in [-0.39, 0.29) is 24.0 Å². The standard InChI is InChI=1S/C16H28N6O4S/c23-15(14-2-1-12-9-21(14)16(24)22(12)26-27)19-25-10-11-7-13(8-18-11)20-5-3-17-4-6-20/h11-14,17-18,27H,1-10H2,(H,19,23)/t11-,12?,13+,14?/m1/s1. The fourth-order valence-corrected chi connectivity index (χ4v) is 4.75. The molecule has 4 rings (SSSR count). The molecular weight excluding hydrogens is 372 g/mol. The summed E-state index contributed by atoms with van der Waals surface area (Å²) in [7, 11) is 0. The van der Waals surface area contributed by atoms with Crippen molar-refractivity contribution in [2.45, 2.75) is 43.4 Å². The van der Waals surface area contributed by atoms with E-state index in [2.05, 4.69) is 33.9 Å². The lowest BCUT2D eigenvalue weighted by atomic mass is 10.0. The molecular formula is C16H28N6O4S. The molecule has 3 amide bonds. The van der Waals surface area contributed by atoms with Gasteiger partial charge < -0.3 is 15.5 Å². The molecule has 0 aromatic carbocycles. The van der Waals surface area contributed by atoms with Crippen LogP contribution in [0.15, 0.2) is 0 Å². The zero-order valence-electron chi connectivity index (χ0n) is 15.3. The van der Waals surface area contributed by atoms with E-state index < -0.39 is 6.04 Å². The van der Waals surface area contributed by atoms with E-state index >= 15 is 0 Å². The summed E-state index contributed by atoms with van der Waals surface area (Å²) in [5.74, 6) is -0.278. The van der Waals surface area contributed by atoms with Gasteiger partial charge in [0.15, 0.2) is 0 Å². The Hall–Kier alpha value is -1.11. The molecule has 152 valence electrons. The minimum absolute atomic E-state index is 0.0374. The van der Waals surface area contributed by atoms with Crippen LogP contribution in [-0.2, 0) is 13.9 Å². The second kappa shape index (κ2) is 8.50. The first-order chi connectivity index (χ1) is 13.2. The largest absolute Gasteiger partial charge is 0.345 e. The van der Waals surface area contributed by atoms with Gasteiger partial charge in [0.2, 0.25) is 0 Å². The molecule has 4 heterocycles. The number of carbonyl (C=O) groups excluding carboxylic acids is 2. The van der Waals surface area contributed by atoms with Gasteiger partial charge in [0.1, 0.15) is 6.04 Å². The fraction of sp³-hybridized carbons (Fsp3) is 0.875. The molecule has 2 unspecified atom stereocenters. The number of hydrogen-bond donors (Lipinski definition) is 4. The number of fused-ring (bicyclic) bond motifs is 2. The normalized spacial score (nSPS) is 34.3. The van der Waals surface area contributed by atoms with Crippen molar-refractivity contribution in [3.8, 4) is 0 Å². The van der Waals surface area contributed by atoms with E-state index in [9.17, 15) is 9.59 Å². The number of hydroxylamine groups is 3. The van der Waals surface area contributed by atoms with Crippen LogP contribution in [0.3, 0.4) is 0 Å². The van der Waals surface area contributed by atoms with Crippen molar-refractivity contribution in [1.82, 2.24) is 31.0 Å². The number of hydrogen-bond acceptors (Lipinski definition) is 8. The van der Waals surface area contributed by atoms with Crippen molar-refractivity contribution in [1.29, 1.82) is 0 Å². The van der Waals surface area contributed by atoms with Crippen molar-refractivity contribution in [3.05, 3.63) is 0 Å². The van der Waals surface area contributed by atoms with Crippen LogP contribution in [0.2, 0.25) is 0 Å². The van der Waals surface area contributed by atoms with Gasteiger partial charge in [-0.25, -0.2) is 14.6 Å². The maximum Gasteiger partial charge on any atom is 0.345 e. The van der Waals surface area contributed by atoms with Gasteiger partial charge in [-0.1, -0.05) is 0 Å². The highest BCUT2D eigenvalue weighted by Crippen LogP contribution is 2.30. The second-order valence-corrected chi connectivity index (χ2v) is 7.81. The molecule has 0 saturated carbocycles. The SMILES string of the molecule is O=C(NOC[C@H]1C[C@H](N2CCNCC2)CN1)C1CCC2CN1C(=O)N2OS. The molecule has 4 saturated heterocycles. The third-order valence-electron chi connectivity index (χ3n) is 6.04. The maximum absolute atomic E-state index is 12.5. The smallest absolute Gasteiger partial charge is 0.314 e. The first-order valence-electron chi connectivity index (χ1n) is 9.68. The van der Waals surface area contributed by atoms with Crippen LogP contribution in [0.25, 0.3) is 0 Å². The van der Waals surface area contributed by atoms with Gasteiger partial charge in [-0.2, -0.15) is 5.06 Å². The minimum atomic E-state index is -0.521. The fourth-order valence-electron chi connectivity index (χ4n) is 4.54. The van der Waals surface area contributed by atoms with Gasteiger partial charge in [-0.05, 0) is 19.3 Å². The van der Waals surface area contributed by atoms with E-state index in [1.165, 1.54) is 9.96 Å². The minimum Gasteiger partial charge on any atom is -0.314 e. The Morgan fingerprint density at radius 3 is 2.85 bits per heavy atom. The van der Waals surface area contributed by atoms with Crippen LogP contribution in [0.4, 0.5) is 4.79 Å². The molecule has 27 heavy (non-hydrogen) atoms. The van der Waals surface area contributed by atoms with Gasteiger partial charge >= 0.3 is 6.03 Å². The molecule has 0 aliphatic carbocycles. The molecule has 11 heteroatoms. The number of nitrogens with zero attached hydrogens (tertiary/aromatic N) is 3. The highest BCUT2D eigenvalue weighted by Gasteiger charge is 2.48. The maximum atomic E-state index is 12.5. The van der Waals surface area contributed by atoms with Gasteiger partial charge in [-0.15, -0.1) is 0 Å². The molecule has 0 radical (unpaired) electrons. The van der Waals surface area contributed by atoms with Gasteiger partial charge in [0.25, 0.3) is 5.91 Å². The lowest BCUT2D eigenvalue weighted by molar-refractivity contribution is -0.139. The van der Waals surface area contributed by atoms with Crippen LogP contribution in [0, 0.1) is 0 Å². The Kier molecular flexibility index (Phi) is 6.05. The van der Waals surface area contributed by atoms with Crippen molar-refractivity contribution in [2.75, 3.05) is 45.9 Å². The summed E-state index contributed by atoms with van der Waals surface area (Å²) < 4.78 is 4.83. The Balaban J connectivity index is 1.20. The summed E-state index contributed by atoms with van der Waals surface area (Å²) in [5, 5.41) is 8.07. The van der Waals surface area contributed by atoms with Crippen molar-refractivity contribution >= 4 is 24.8 Å². The summed E-state index contributed by atoms with van der Waals surface area (Å²) in [6.07, 6.45) is 2.31. The first-order valence-corrected chi connectivity index (χ1v) is 10.0. The monoisotopic (exact) mass is 400 g/mol. The van der Waals surface area contributed by atoms with Crippen LogP contribution in [0.5, 0.6) is 0 Å². The predicted molar refractivity (Wildman–Crippen MR) is 99.6 cm³/mol. The van der Waals surface area contributed by atoms with Crippen molar-refractivity contribution in [3.63, 3.8) is 0 Å². The number of thiol groups is 1. The first kappa shape index (κ1) is 19.2. The molecule has 3 N–H and O–H groups in total. The molecule has 4 aliphatic heterocycles. The molecule has 10 nitrogen and oxygen atoms in total. The Labute approximate surface area is 164 Å². The Morgan fingerprint density at radius 1 is 1.26 bits per heavy atom. The van der Waals surface area contributed by atoms with Crippen LogP contribution in [0.1, 0.15) is 19.3 Å². The topological polar surface area (TPSA) is 98.4 Å². The number of nitrogens with one attached hydrogen (secondary N) is 3. The summed E-state index contributed by atoms with van der Waals surface area (Å²) in [5.41, 5.74) is 2.54. The van der Waals surface area contributed by atoms with E-state index in [0.717, 1.165) is 39.1 Å². The lowest BCUT2D eigenvalue weighted by Crippen LogP contribution is -2.50. The van der Waals surface area contributed by atoms with Gasteiger partial charge in [-0.3, -0.25) is 14.5 Å². The summed E-state index contributed by atoms with van der Waals surface area (Å²) in [4.78, 5) is 34.2. The Bertz CT molecular complexity index is 563. The zero-order chi connectivity index (χ0) is 18.8. The number of carbonyl (C=O) groups is 2. The van der Waals surface area contributed by atoms with Crippen LogP contribution >= 0.6 is 12.9 Å². The predicted octanol–water partition coefficient (Wildman–Crippen LogP) is -1.29. The third-order valence-corrected chi connectivity index (χ3v) is 6.21. The van der Waals surface area contributed by atoms with E-state index in [4.69, 9.17) is 9.12 Å².